The van der Waals surface area contributed by atoms with Gasteiger partial charge in [-0.05, 0) is 18.6 Å². The highest BCUT2D eigenvalue weighted by molar-refractivity contribution is 6.05. The molecule has 2 N–H and O–H groups in total. The van der Waals surface area contributed by atoms with Crippen molar-refractivity contribution in [1.29, 1.82) is 5.26 Å². The van der Waals surface area contributed by atoms with Crippen molar-refractivity contribution in [2.75, 3.05) is 5.32 Å². The van der Waals surface area contributed by atoms with Gasteiger partial charge >= 0.3 is 0 Å². The van der Waals surface area contributed by atoms with E-state index in [0.717, 1.165) is 5.56 Å². The van der Waals surface area contributed by atoms with Crippen LogP contribution in [-0.2, 0) is 0 Å². The van der Waals surface area contributed by atoms with Gasteiger partial charge in [0.1, 0.15) is 17.5 Å². The molecule has 0 radical (unpaired) electrons. The molecule has 84 valence electrons. The number of hydrogen-bond acceptors (Lipinski definition) is 3. The number of aryl methyl sites for hydroxylation is 1. The molecule has 0 fully saturated rings. The molecule has 0 saturated carbocycles. The zero-order valence-electron chi connectivity index (χ0n) is 9.19. The van der Waals surface area contributed by atoms with Gasteiger partial charge < -0.3 is 5.32 Å². The van der Waals surface area contributed by atoms with Crippen molar-refractivity contribution in [2.24, 2.45) is 0 Å². The van der Waals surface area contributed by atoms with Crippen molar-refractivity contribution in [3.05, 3.63) is 47.2 Å². The second kappa shape index (κ2) is 4.49. The molecular weight excluding hydrogens is 216 g/mol. The van der Waals surface area contributed by atoms with Crippen molar-refractivity contribution >= 4 is 11.7 Å². The van der Waals surface area contributed by atoms with E-state index >= 15 is 0 Å². The summed E-state index contributed by atoms with van der Waals surface area (Å²) >= 11 is 0. The summed E-state index contributed by atoms with van der Waals surface area (Å²) in [6.45, 7) is 1.85. The highest BCUT2D eigenvalue weighted by Gasteiger charge is 2.11. The molecule has 5 nitrogen and oxygen atoms in total. The zero-order valence-corrected chi connectivity index (χ0v) is 9.19. The largest absolute Gasteiger partial charge is 0.306 e. The Morgan fingerprint density at radius 1 is 1.47 bits per heavy atom. The number of H-pyrrole nitrogens is 1. The minimum Gasteiger partial charge on any atom is -0.306 e. The summed E-state index contributed by atoms with van der Waals surface area (Å²) in [5, 5.41) is 17.7. The first-order valence-electron chi connectivity index (χ1n) is 5.03. The molecule has 0 spiro atoms. The van der Waals surface area contributed by atoms with Gasteiger partial charge in [0.05, 0.1) is 6.20 Å². The third-order valence-electron chi connectivity index (χ3n) is 2.39. The van der Waals surface area contributed by atoms with Crippen LogP contribution in [0.5, 0.6) is 0 Å². The van der Waals surface area contributed by atoms with Crippen LogP contribution < -0.4 is 5.32 Å². The number of nitriles is 1. The normalized spacial score (nSPS) is 9.65. The fraction of sp³-hybridized carbons (Fsp3) is 0.0833. The number of nitrogens with one attached hydrogen (secondary N) is 2. The summed E-state index contributed by atoms with van der Waals surface area (Å²) < 4.78 is 0. The van der Waals surface area contributed by atoms with Crippen molar-refractivity contribution in [2.45, 2.75) is 6.92 Å². The van der Waals surface area contributed by atoms with Crippen LogP contribution in [0.2, 0.25) is 0 Å². The van der Waals surface area contributed by atoms with Crippen LogP contribution in [0, 0.1) is 18.3 Å². The molecule has 0 aliphatic heterocycles. The summed E-state index contributed by atoms with van der Waals surface area (Å²) in [5.41, 5.74) is 1.76. The lowest BCUT2D eigenvalue weighted by Gasteiger charge is -2.05. The number of rotatable bonds is 2. The third kappa shape index (κ3) is 2.16. The quantitative estimate of drug-likeness (QED) is 0.819. The molecule has 2 aromatic rings. The van der Waals surface area contributed by atoms with Crippen molar-refractivity contribution in [3.63, 3.8) is 0 Å². The van der Waals surface area contributed by atoms with Crippen LogP contribution in [0.3, 0.4) is 0 Å². The molecule has 2 rings (SSSR count). The minimum atomic E-state index is -0.260. The molecule has 1 aromatic carbocycles. The summed E-state index contributed by atoms with van der Waals surface area (Å²) in [5.74, 6) is 0.0598. The summed E-state index contributed by atoms with van der Waals surface area (Å²) in [7, 11) is 0. The number of anilines is 1. The maximum absolute atomic E-state index is 11.9. The first-order valence-corrected chi connectivity index (χ1v) is 5.03. The highest BCUT2D eigenvalue weighted by Crippen LogP contribution is 2.13. The van der Waals surface area contributed by atoms with Crippen LogP contribution in [-0.4, -0.2) is 16.1 Å². The number of aromatic amines is 1. The molecule has 0 aliphatic rings. The first kappa shape index (κ1) is 10.9. The van der Waals surface area contributed by atoms with Gasteiger partial charge in [-0.3, -0.25) is 9.89 Å². The standard InChI is InChI=1S/C12H10N4O/c1-8-4-2-3-5-10(8)12(17)15-11-9(6-13)7-14-16-11/h2-5,7H,1H3,(H2,14,15,16,17). The number of carbonyl (C=O) groups excluding carboxylic acids is 1. The number of nitrogens with zero attached hydrogens (tertiary/aromatic N) is 2. The Kier molecular flexibility index (Phi) is 2.88. The first-order chi connectivity index (χ1) is 8.22. The molecule has 0 unspecified atom stereocenters. The number of benzene rings is 1. The molecule has 17 heavy (non-hydrogen) atoms. The fourth-order valence-electron chi connectivity index (χ4n) is 1.47. The number of hydrogen-bond donors (Lipinski definition) is 2. The number of amides is 1. The highest BCUT2D eigenvalue weighted by atomic mass is 16.1. The second-order valence-electron chi connectivity index (χ2n) is 3.54. The van der Waals surface area contributed by atoms with E-state index in [9.17, 15) is 4.79 Å². The predicted octanol–water partition coefficient (Wildman–Crippen LogP) is 1.84. The second-order valence-corrected chi connectivity index (χ2v) is 3.54. The van der Waals surface area contributed by atoms with E-state index in [1.807, 2.05) is 25.1 Å². The summed E-state index contributed by atoms with van der Waals surface area (Å²) in [4.78, 5) is 11.9. The number of aromatic nitrogens is 2. The summed E-state index contributed by atoms with van der Waals surface area (Å²) in [6.07, 6.45) is 1.37. The lowest BCUT2D eigenvalue weighted by atomic mass is 10.1. The molecule has 0 bridgehead atoms. The van der Waals surface area contributed by atoms with Crippen LogP contribution in [0.1, 0.15) is 21.5 Å². The molecule has 0 atom stereocenters. The van der Waals surface area contributed by atoms with Crippen LogP contribution in [0.4, 0.5) is 5.82 Å². The van der Waals surface area contributed by atoms with Gasteiger partial charge in [-0.15, -0.1) is 0 Å². The molecule has 1 aromatic heterocycles. The SMILES string of the molecule is Cc1ccccc1C(=O)Nc1[nH]ncc1C#N. The lowest BCUT2D eigenvalue weighted by molar-refractivity contribution is 0.102. The maximum Gasteiger partial charge on any atom is 0.257 e. The molecule has 0 aliphatic carbocycles. The van der Waals surface area contributed by atoms with Gasteiger partial charge in [0.15, 0.2) is 0 Å². The van der Waals surface area contributed by atoms with E-state index in [4.69, 9.17) is 5.26 Å². The van der Waals surface area contributed by atoms with Crippen molar-refractivity contribution in [1.82, 2.24) is 10.2 Å². The Labute approximate surface area is 98.1 Å². The molecule has 1 amide bonds. The Balaban J connectivity index is 2.24. The minimum absolute atomic E-state index is 0.260. The molecule has 5 heteroatoms. The summed E-state index contributed by atoms with van der Waals surface area (Å²) in [6, 6.07) is 9.18. The zero-order chi connectivity index (χ0) is 12.3. The van der Waals surface area contributed by atoms with E-state index in [1.54, 1.807) is 12.1 Å². The lowest BCUT2D eigenvalue weighted by Crippen LogP contribution is -2.14. The third-order valence-corrected chi connectivity index (χ3v) is 2.39. The smallest absolute Gasteiger partial charge is 0.257 e. The van der Waals surface area contributed by atoms with Gasteiger partial charge in [-0.2, -0.15) is 10.4 Å². The average Bonchev–Trinajstić information content (AvgIpc) is 2.76. The average molecular weight is 226 g/mol. The Morgan fingerprint density at radius 2 is 2.24 bits per heavy atom. The number of carbonyl (C=O) groups is 1. The van der Waals surface area contributed by atoms with Gasteiger partial charge in [-0.1, -0.05) is 18.2 Å². The topological polar surface area (TPSA) is 81.6 Å². The Morgan fingerprint density at radius 3 is 2.94 bits per heavy atom. The van der Waals surface area contributed by atoms with Crippen molar-refractivity contribution in [3.8, 4) is 6.07 Å². The maximum atomic E-state index is 11.9. The van der Waals surface area contributed by atoms with Gasteiger partial charge in [0, 0.05) is 5.56 Å². The van der Waals surface area contributed by atoms with E-state index in [2.05, 4.69) is 15.5 Å². The van der Waals surface area contributed by atoms with Crippen LogP contribution >= 0.6 is 0 Å². The van der Waals surface area contributed by atoms with E-state index in [1.165, 1.54) is 6.20 Å². The Bertz CT molecular complexity index is 595. The predicted molar refractivity (Wildman–Crippen MR) is 62.4 cm³/mol. The van der Waals surface area contributed by atoms with E-state index in [-0.39, 0.29) is 5.91 Å². The van der Waals surface area contributed by atoms with Crippen LogP contribution in [0.15, 0.2) is 30.5 Å². The van der Waals surface area contributed by atoms with Gasteiger partial charge in [0.2, 0.25) is 0 Å². The van der Waals surface area contributed by atoms with Gasteiger partial charge in [-0.25, -0.2) is 0 Å². The molecular formula is C12H10N4O. The van der Waals surface area contributed by atoms with Crippen LogP contribution in [0.25, 0.3) is 0 Å². The molecule has 1 heterocycles. The van der Waals surface area contributed by atoms with Gasteiger partial charge in [0.25, 0.3) is 5.91 Å². The monoisotopic (exact) mass is 226 g/mol. The fourth-order valence-corrected chi connectivity index (χ4v) is 1.47. The Hall–Kier alpha value is -2.61. The van der Waals surface area contributed by atoms with Crippen molar-refractivity contribution < 1.29 is 4.79 Å². The van der Waals surface area contributed by atoms with E-state index < -0.39 is 0 Å². The molecule has 0 saturated heterocycles. The van der Waals surface area contributed by atoms with E-state index in [0.29, 0.717) is 16.9 Å².